The highest BCUT2D eigenvalue weighted by Crippen LogP contribution is 2.27. The van der Waals surface area contributed by atoms with Crippen molar-refractivity contribution in [1.29, 1.82) is 0 Å². The van der Waals surface area contributed by atoms with Crippen molar-refractivity contribution in [3.8, 4) is 0 Å². The van der Waals surface area contributed by atoms with E-state index in [0.29, 0.717) is 19.1 Å². The van der Waals surface area contributed by atoms with E-state index in [4.69, 9.17) is 4.74 Å². The molecular weight excluding hydrogens is 166 g/mol. The summed E-state index contributed by atoms with van der Waals surface area (Å²) in [5, 5.41) is 0. The highest BCUT2D eigenvalue weighted by atomic mass is 16.5. The Balaban J connectivity index is 2.29. The largest absolute Gasteiger partial charge is 0.384 e. The normalized spacial score (nSPS) is 15.8. The van der Waals surface area contributed by atoms with Crippen LogP contribution in [0, 0.1) is 0 Å². The predicted molar refractivity (Wildman–Crippen MR) is 51.5 cm³/mol. The summed E-state index contributed by atoms with van der Waals surface area (Å²) in [6, 6.07) is 0.546. The molecule has 1 amide bonds. The van der Waals surface area contributed by atoms with Gasteiger partial charge < -0.3 is 9.64 Å². The Morgan fingerprint density at radius 3 is 2.69 bits per heavy atom. The quantitative estimate of drug-likeness (QED) is 0.626. The maximum Gasteiger partial charge on any atom is 0.225 e. The molecule has 0 saturated heterocycles. The number of amides is 1. The fourth-order valence-corrected chi connectivity index (χ4v) is 1.47. The van der Waals surface area contributed by atoms with Gasteiger partial charge in [-0.05, 0) is 19.3 Å². The first kappa shape index (κ1) is 10.5. The molecule has 0 atom stereocenters. The van der Waals surface area contributed by atoms with Crippen LogP contribution >= 0.6 is 0 Å². The van der Waals surface area contributed by atoms with Gasteiger partial charge in [-0.15, -0.1) is 0 Å². The van der Waals surface area contributed by atoms with E-state index in [1.807, 2.05) is 4.90 Å². The zero-order chi connectivity index (χ0) is 9.68. The van der Waals surface area contributed by atoms with Gasteiger partial charge in [0.15, 0.2) is 0 Å². The molecule has 1 aliphatic carbocycles. The zero-order valence-corrected chi connectivity index (χ0v) is 8.58. The Morgan fingerprint density at radius 1 is 1.54 bits per heavy atom. The molecule has 1 aliphatic rings. The Bertz CT molecular complexity index is 166. The van der Waals surface area contributed by atoms with E-state index in [1.165, 1.54) is 12.8 Å². The lowest BCUT2D eigenvalue weighted by molar-refractivity contribution is -0.132. The minimum absolute atomic E-state index is 0.256. The maximum absolute atomic E-state index is 11.6. The number of ether oxygens (including phenoxy) is 1. The van der Waals surface area contributed by atoms with Gasteiger partial charge in [0.2, 0.25) is 5.91 Å². The summed E-state index contributed by atoms with van der Waals surface area (Å²) in [5.74, 6) is 0.256. The van der Waals surface area contributed by atoms with Gasteiger partial charge in [0, 0.05) is 19.7 Å². The van der Waals surface area contributed by atoms with Gasteiger partial charge in [0.05, 0.1) is 13.0 Å². The van der Waals surface area contributed by atoms with E-state index in [1.54, 1.807) is 7.11 Å². The van der Waals surface area contributed by atoms with Crippen molar-refractivity contribution in [2.24, 2.45) is 0 Å². The predicted octanol–water partition coefficient (Wildman–Crippen LogP) is 1.42. The summed E-state index contributed by atoms with van der Waals surface area (Å²) in [6.07, 6.45) is 3.97. The molecule has 3 heteroatoms. The zero-order valence-electron chi connectivity index (χ0n) is 8.58. The highest BCUT2D eigenvalue weighted by molar-refractivity contribution is 5.76. The van der Waals surface area contributed by atoms with Crippen LogP contribution in [-0.4, -0.2) is 37.1 Å². The molecule has 0 aromatic carbocycles. The minimum atomic E-state index is 0.256. The lowest BCUT2D eigenvalue weighted by Crippen LogP contribution is -2.34. The number of nitrogens with zero attached hydrogens (tertiary/aromatic N) is 1. The average molecular weight is 185 g/mol. The third-order valence-electron chi connectivity index (χ3n) is 2.29. The van der Waals surface area contributed by atoms with E-state index in [-0.39, 0.29) is 5.91 Å². The van der Waals surface area contributed by atoms with Gasteiger partial charge in [-0.3, -0.25) is 4.79 Å². The van der Waals surface area contributed by atoms with Crippen LogP contribution in [-0.2, 0) is 9.53 Å². The molecule has 0 aromatic rings. The maximum atomic E-state index is 11.6. The van der Waals surface area contributed by atoms with Crippen LogP contribution in [0.3, 0.4) is 0 Å². The highest BCUT2D eigenvalue weighted by Gasteiger charge is 2.31. The van der Waals surface area contributed by atoms with Crippen molar-refractivity contribution in [3.63, 3.8) is 0 Å². The summed E-state index contributed by atoms with van der Waals surface area (Å²) in [7, 11) is 1.63. The summed E-state index contributed by atoms with van der Waals surface area (Å²) in [5.41, 5.74) is 0. The first-order chi connectivity index (χ1) is 6.29. The van der Waals surface area contributed by atoms with Gasteiger partial charge >= 0.3 is 0 Å². The molecule has 0 bridgehead atoms. The van der Waals surface area contributed by atoms with Crippen LogP contribution in [0.5, 0.6) is 0 Å². The van der Waals surface area contributed by atoms with Crippen LogP contribution < -0.4 is 0 Å². The second-order valence-electron chi connectivity index (χ2n) is 3.56. The second kappa shape index (κ2) is 5.22. The molecule has 1 saturated carbocycles. The molecule has 1 rings (SSSR count). The lowest BCUT2D eigenvalue weighted by atomic mass is 10.3. The van der Waals surface area contributed by atoms with E-state index < -0.39 is 0 Å². The van der Waals surface area contributed by atoms with Crippen molar-refractivity contribution in [1.82, 2.24) is 4.90 Å². The van der Waals surface area contributed by atoms with Gasteiger partial charge in [-0.1, -0.05) is 6.92 Å². The molecule has 0 N–H and O–H groups in total. The van der Waals surface area contributed by atoms with Crippen LogP contribution in [0.15, 0.2) is 0 Å². The topological polar surface area (TPSA) is 29.5 Å². The minimum Gasteiger partial charge on any atom is -0.384 e. The van der Waals surface area contributed by atoms with Gasteiger partial charge in [0.25, 0.3) is 0 Å². The molecule has 0 heterocycles. The van der Waals surface area contributed by atoms with E-state index in [9.17, 15) is 4.79 Å². The van der Waals surface area contributed by atoms with Crippen LogP contribution in [0.25, 0.3) is 0 Å². The Hall–Kier alpha value is -0.570. The smallest absolute Gasteiger partial charge is 0.225 e. The van der Waals surface area contributed by atoms with Crippen LogP contribution in [0.1, 0.15) is 32.6 Å². The van der Waals surface area contributed by atoms with Crippen LogP contribution in [0.2, 0.25) is 0 Å². The summed E-state index contributed by atoms with van der Waals surface area (Å²) >= 11 is 0. The number of hydrogen-bond acceptors (Lipinski definition) is 2. The monoisotopic (exact) mass is 185 g/mol. The number of rotatable bonds is 6. The molecule has 0 aromatic heterocycles. The number of carbonyl (C=O) groups excluding carboxylic acids is 1. The van der Waals surface area contributed by atoms with Crippen molar-refractivity contribution < 1.29 is 9.53 Å². The third kappa shape index (κ3) is 3.35. The SMILES string of the molecule is CCCN(C(=O)CCOC)C1CC1. The number of carbonyl (C=O) groups is 1. The number of hydrogen-bond donors (Lipinski definition) is 0. The average Bonchev–Trinajstić information content (AvgIpc) is 2.93. The standard InChI is InChI=1S/C10H19NO2/c1-3-7-11(9-4-5-9)10(12)6-8-13-2/h9H,3-8H2,1-2H3. The van der Waals surface area contributed by atoms with Crippen molar-refractivity contribution in [3.05, 3.63) is 0 Å². The van der Waals surface area contributed by atoms with Crippen molar-refractivity contribution in [2.45, 2.75) is 38.6 Å². The first-order valence-corrected chi connectivity index (χ1v) is 5.08. The third-order valence-corrected chi connectivity index (χ3v) is 2.29. The fourth-order valence-electron chi connectivity index (χ4n) is 1.47. The van der Waals surface area contributed by atoms with E-state index in [2.05, 4.69) is 6.92 Å². The lowest BCUT2D eigenvalue weighted by Gasteiger charge is -2.21. The molecule has 0 spiro atoms. The van der Waals surface area contributed by atoms with Gasteiger partial charge in [-0.2, -0.15) is 0 Å². The molecule has 0 aliphatic heterocycles. The van der Waals surface area contributed by atoms with Gasteiger partial charge in [0.1, 0.15) is 0 Å². The molecule has 0 unspecified atom stereocenters. The number of methoxy groups -OCH3 is 1. The van der Waals surface area contributed by atoms with Crippen molar-refractivity contribution in [2.75, 3.05) is 20.3 Å². The van der Waals surface area contributed by atoms with Crippen molar-refractivity contribution >= 4 is 5.91 Å². The van der Waals surface area contributed by atoms with E-state index >= 15 is 0 Å². The molecule has 3 nitrogen and oxygen atoms in total. The molecule has 1 fully saturated rings. The molecule has 0 radical (unpaired) electrons. The second-order valence-corrected chi connectivity index (χ2v) is 3.56. The Morgan fingerprint density at radius 2 is 2.23 bits per heavy atom. The Kier molecular flexibility index (Phi) is 4.22. The van der Waals surface area contributed by atoms with Gasteiger partial charge in [-0.25, -0.2) is 0 Å². The first-order valence-electron chi connectivity index (χ1n) is 5.08. The molecular formula is C10H19NO2. The van der Waals surface area contributed by atoms with E-state index in [0.717, 1.165) is 13.0 Å². The Labute approximate surface area is 80.1 Å². The summed E-state index contributed by atoms with van der Waals surface area (Å²) in [6.45, 7) is 3.57. The molecule has 13 heavy (non-hydrogen) atoms. The van der Waals surface area contributed by atoms with Crippen LogP contribution in [0.4, 0.5) is 0 Å². The molecule has 76 valence electrons. The summed E-state index contributed by atoms with van der Waals surface area (Å²) in [4.78, 5) is 13.6. The fraction of sp³-hybridized carbons (Fsp3) is 0.900. The summed E-state index contributed by atoms with van der Waals surface area (Å²) < 4.78 is 4.89.